The molecule has 1 amide bonds. The third-order valence-corrected chi connectivity index (χ3v) is 3.37. The van der Waals surface area contributed by atoms with E-state index >= 15 is 0 Å². The van der Waals surface area contributed by atoms with Crippen LogP contribution in [0.1, 0.15) is 34.8 Å². The highest BCUT2D eigenvalue weighted by molar-refractivity contribution is 14.1. The average molecular weight is 331 g/mol. The van der Waals surface area contributed by atoms with Gasteiger partial charge in [0.1, 0.15) is 0 Å². The van der Waals surface area contributed by atoms with Crippen LogP contribution in [0.4, 0.5) is 0 Å². The van der Waals surface area contributed by atoms with Crippen LogP contribution in [-0.2, 0) is 17.9 Å². The number of fused-ring (bicyclic) bond motifs is 1. The summed E-state index contributed by atoms with van der Waals surface area (Å²) >= 11 is 2.21. The number of rotatable bonds is 4. The minimum atomic E-state index is 0.0421. The Morgan fingerprint density at radius 3 is 3.06 bits per heavy atom. The number of nitrogens with one attached hydrogen (secondary N) is 1. The molecule has 3 nitrogen and oxygen atoms in total. The van der Waals surface area contributed by atoms with Crippen LogP contribution in [0.5, 0.6) is 0 Å². The Morgan fingerprint density at radius 1 is 1.50 bits per heavy atom. The van der Waals surface area contributed by atoms with Gasteiger partial charge in [-0.15, -0.1) is 0 Å². The Labute approximate surface area is 109 Å². The fourth-order valence-electron chi connectivity index (χ4n) is 1.80. The van der Waals surface area contributed by atoms with Crippen molar-refractivity contribution < 1.29 is 9.53 Å². The molecular formula is C12H14INO2. The smallest absolute Gasteiger partial charge is 0.252 e. The van der Waals surface area contributed by atoms with Crippen LogP contribution in [0.25, 0.3) is 0 Å². The number of carbonyl (C=O) groups is 1. The van der Waals surface area contributed by atoms with Gasteiger partial charge in [0.15, 0.2) is 0 Å². The van der Waals surface area contributed by atoms with Gasteiger partial charge in [-0.1, -0.05) is 13.0 Å². The fraction of sp³-hybridized carbons (Fsp3) is 0.417. The van der Waals surface area contributed by atoms with Crippen LogP contribution in [0.3, 0.4) is 0 Å². The Hall–Kier alpha value is -0.620. The Morgan fingerprint density at radius 2 is 2.31 bits per heavy atom. The minimum Gasteiger partial charge on any atom is -0.377 e. The monoisotopic (exact) mass is 331 g/mol. The van der Waals surface area contributed by atoms with Gasteiger partial charge in [0.05, 0.1) is 12.2 Å². The van der Waals surface area contributed by atoms with Crippen molar-refractivity contribution in [3.63, 3.8) is 0 Å². The molecule has 1 aromatic rings. The van der Waals surface area contributed by atoms with Crippen LogP contribution < -0.4 is 5.32 Å². The fourth-order valence-corrected chi connectivity index (χ4v) is 2.79. The normalized spacial score (nSPS) is 13.8. The molecule has 1 aromatic carbocycles. The highest BCUT2D eigenvalue weighted by Gasteiger charge is 2.22. The lowest BCUT2D eigenvalue weighted by Gasteiger charge is -2.06. The van der Waals surface area contributed by atoms with Crippen molar-refractivity contribution in [3.8, 4) is 0 Å². The summed E-state index contributed by atoms with van der Waals surface area (Å²) in [5.74, 6) is 0.0421. The number of ether oxygens (including phenoxy) is 1. The van der Waals surface area contributed by atoms with Crippen LogP contribution in [-0.4, -0.2) is 12.5 Å². The largest absolute Gasteiger partial charge is 0.377 e. The van der Waals surface area contributed by atoms with Crippen LogP contribution in [0.15, 0.2) is 12.1 Å². The van der Waals surface area contributed by atoms with E-state index in [1.807, 2.05) is 6.07 Å². The number of hydrogen-bond donors (Lipinski definition) is 1. The quantitative estimate of drug-likeness (QED) is 0.680. The third kappa shape index (κ3) is 2.38. The van der Waals surface area contributed by atoms with Crippen molar-refractivity contribution in [3.05, 3.63) is 32.4 Å². The number of amides is 1. The Bertz CT molecular complexity index is 418. The molecule has 0 saturated heterocycles. The second kappa shape index (κ2) is 5.14. The first kappa shape index (κ1) is 11.9. The van der Waals surface area contributed by atoms with Crippen molar-refractivity contribution in [2.75, 3.05) is 6.61 Å². The molecule has 0 fully saturated rings. The molecule has 16 heavy (non-hydrogen) atoms. The van der Waals surface area contributed by atoms with Crippen molar-refractivity contribution in [2.45, 2.75) is 26.5 Å². The van der Waals surface area contributed by atoms with Gasteiger partial charge < -0.3 is 10.1 Å². The summed E-state index contributed by atoms with van der Waals surface area (Å²) < 4.78 is 6.52. The molecule has 1 aliphatic rings. The molecule has 0 atom stereocenters. The van der Waals surface area contributed by atoms with E-state index in [1.165, 1.54) is 0 Å². The van der Waals surface area contributed by atoms with Crippen LogP contribution >= 0.6 is 22.6 Å². The zero-order valence-electron chi connectivity index (χ0n) is 9.18. The van der Waals surface area contributed by atoms with E-state index in [0.717, 1.165) is 33.3 Å². The molecule has 0 unspecified atom stereocenters. The summed E-state index contributed by atoms with van der Waals surface area (Å²) in [6, 6.07) is 4.09. The maximum absolute atomic E-state index is 11.5. The highest BCUT2D eigenvalue weighted by atomic mass is 127. The maximum atomic E-state index is 11.5. The first-order chi connectivity index (χ1) is 7.72. The SMILES string of the molecule is CCCOCc1cc(I)c2c(c1)CNC2=O. The van der Waals surface area contributed by atoms with Gasteiger partial charge in [-0.05, 0) is 46.2 Å². The molecule has 0 radical (unpaired) electrons. The molecule has 2 rings (SSSR count). The Balaban J connectivity index is 2.18. The van der Waals surface area contributed by atoms with Gasteiger partial charge in [-0.2, -0.15) is 0 Å². The summed E-state index contributed by atoms with van der Waals surface area (Å²) in [4.78, 5) is 11.5. The lowest BCUT2D eigenvalue weighted by Crippen LogP contribution is -2.13. The van der Waals surface area contributed by atoms with Gasteiger partial charge >= 0.3 is 0 Å². The van der Waals surface area contributed by atoms with Gasteiger partial charge in [0.2, 0.25) is 0 Å². The zero-order chi connectivity index (χ0) is 11.5. The molecule has 1 N–H and O–H groups in total. The summed E-state index contributed by atoms with van der Waals surface area (Å²) in [5.41, 5.74) is 3.07. The third-order valence-electron chi connectivity index (χ3n) is 2.52. The van der Waals surface area contributed by atoms with Gasteiger partial charge in [0, 0.05) is 16.7 Å². The standard InChI is InChI=1S/C12H14INO2/c1-2-3-16-7-8-4-9-6-14-12(15)11(9)10(13)5-8/h4-5H,2-3,6-7H2,1H3,(H,14,15). The maximum Gasteiger partial charge on any atom is 0.252 e. The predicted octanol–water partition coefficient (Wildman–Crippen LogP) is 2.46. The topological polar surface area (TPSA) is 38.3 Å². The molecule has 0 saturated carbocycles. The number of benzene rings is 1. The first-order valence-corrected chi connectivity index (χ1v) is 6.47. The second-order valence-electron chi connectivity index (χ2n) is 3.85. The lowest BCUT2D eigenvalue weighted by molar-refractivity contribution is 0.0965. The number of carbonyl (C=O) groups excluding carboxylic acids is 1. The van der Waals surface area contributed by atoms with E-state index in [4.69, 9.17) is 4.74 Å². The molecule has 1 heterocycles. The van der Waals surface area contributed by atoms with Crippen molar-refractivity contribution in [1.82, 2.24) is 5.32 Å². The Kier molecular flexibility index (Phi) is 3.81. The lowest BCUT2D eigenvalue weighted by atomic mass is 10.1. The minimum absolute atomic E-state index is 0.0421. The van der Waals surface area contributed by atoms with Crippen molar-refractivity contribution >= 4 is 28.5 Å². The molecule has 0 bridgehead atoms. The second-order valence-corrected chi connectivity index (χ2v) is 5.01. The summed E-state index contributed by atoms with van der Waals surface area (Å²) in [5, 5.41) is 2.84. The first-order valence-electron chi connectivity index (χ1n) is 5.39. The molecular weight excluding hydrogens is 317 g/mol. The van der Waals surface area contributed by atoms with E-state index in [9.17, 15) is 4.79 Å². The average Bonchev–Trinajstić information content (AvgIpc) is 2.61. The number of hydrogen-bond acceptors (Lipinski definition) is 2. The van der Waals surface area contributed by atoms with Crippen molar-refractivity contribution in [1.29, 1.82) is 0 Å². The molecule has 0 aliphatic carbocycles. The van der Waals surface area contributed by atoms with E-state index in [0.29, 0.717) is 13.2 Å². The predicted molar refractivity (Wildman–Crippen MR) is 70.3 cm³/mol. The molecule has 1 aliphatic heterocycles. The molecule has 86 valence electrons. The molecule has 4 heteroatoms. The van der Waals surface area contributed by atoms with Crippen molar-refractivity contribution in [2.24, 2.45) is 0 Å². The highest BCUT2D eigenvalue weighted by Crippen LogP contribution is 2.24. The molecule has 0 aromatic heterocycles. The van der Waals surface area contributed by atoms with Crippen LogP contribution in [0.2, 0.25) is 0 Å². The van der Waals surface area contributed by atoms with E-state index in [1.54, 1.807) is 0 Å². The zero-order valence-corrected chi connectivity index (χ0v) is 11.3. The van der Waals surface area contributed by atoms with Crippen LogP contribution in [0, 0.1) is 3.57 Å². The molecule has 0 spiro atoms. The van der Waals surface area contributed by atoms with E-state index in [-0.39, 0.29) is 5.91 Å². The number of halogens is 1. The summed E-state index contributed by atoms with van der Waals surface area (Å²) in [6.45, 7) is 4.15. The van der Waals surface area contributed by atoms with Gasteiger partial charge in [0.25, 0.3) is 5.91 Å². The van der Waals surface area contributed by atoms with Gasteiger partial charge in [-0.3, -0.25) is 4.79 Å². The summed E-state index contributed by atoms with van der Waals surface area (Å²) in [6.07, 6.45) is 1.03. The summed E-state index contributed by atoms with van der Waals surface area (Å²) in [7, 11) is 0. The van der Waals surface area contributed by atoms with E-state index < -0.39 is 0 Å². The van der Waals surface area contributed by atoms with E-state index in [2.05, 4.69) is 40.9 Å². The van der Waals surface area contributed by atoms with Gasteiger partial charge in [-0.25, -0.2) is 0 Å².